The van der Waals surface area contributed by atoms with Gasteiger partial charge in [0.05, 0.1) is 5.75 Å². The van der Waals surface area contributed by atoms with Crippen molar-refractivity contribution in [2.45, 2.75) is 45.1 Å². The van der Waals surface area contributed by atoms with E-state index in [4.69, 9.17) is 5.73 Å². The lowest BCUT2D eigenvalue weighted by molar-refractivity contribution is 0.268. The van der Waals surface area contributed by atoms with Crippen LogP contribution in [-0.2, 0) is 10.0 Å². The van der Waals surface area contributed by atoms with Crippen LogP contribution in [0.4, 0.5) is 0 Å². The fourth-order valence-electron chi connectivity index (χ4n) is 2.03. The van der Waals surface area contributed by atoms with E-state index in [0.29, 0.717) is 19.5 Å². The lowest BCUT2D eigenvalue weighted by Crippen LogP contribution is -2.43. The molecule has 0 radical (unpaired) electrons. The Hall–Kier alpha value is -0.130. The zero-order chi connectivity index (χ0) is 11.3. The van der Waals surface area contributed by atoms with Crippen LogP contribution < -0.4 is 5.73 Å². The van der Waals surface area contributed by atoms with Gasteiger partial charge in [0.15, 0.2) is 0 Å². The molecule has 0 spiro atoms. The van der Waals surface area contributed by atoms with E-state index in [-0.39, 0.29) is 11.8 Å². The normalized spacial score (nSPS) is 24.3. The molecule has 0 aliphatic carbocycles. The Morgan fingerprint density at radius 2 is 2.07 bits per heavy atom. The lowest BCUT2D eigenvalue weighted by atomic mass is 10.1. The summed E-state index contributed by atoms with van der Waals surface area (Å²) in [4.78, 5) is 0. The van der Waals surface area contributed by atoms with E-state index in [1.807, 2.05) is 6.92 Å². The maximum absolute atomic E-state index is 12.0. The van der Waals surface area contributed by atoms with Gasteiger partial charge in [-0.3, -0.25) is 0 Å². The van der Waals surface area contributed by atoms with Crippen LogP contribution in [-0.4, -0.2) is 37.6 Å². The molecule has 15 heavy (non-hydrogen) atoms. The summed E-state index contributed by atoms with van der Waals surface area (Å²) in [5.41, 5.74) is 5.36. The van der Waals surface area contributed by atoms with Crippen molar-refractivity contribution in [3.8, 4) is 0 Å². The van der Waals surface area contributed by atoms with Gasteiger partial charge in [0.1, 0.15) is 0 Å². The molecule has 1 heterocycles. The van der Waals surface area contributed by atoms with Crippen molar-refractivity contribution >= 4 is 10.0 Å². The minimum Gasteiger partial charge on any atom is -0.330 e. The third-order valence-corrected chi connectivity index (χ3v) is 5.02. The highest BCUT2D eigenvalue weighted by molar-refractivity contribution is 7.89. The molecule has 0 amide bonds. The van der Waals surface area contributed by atoms with E-state index in [2.05, 4.69) is 0 Å². The van der Waals surface area contributed by atoms with Gasteiger partial charge in [0, 0.05) is 12.6 Å². The summed E-state index contributed by atoms with van der Waals surface area (Å²) >= 11 is 0. The Balaban J connectivity index is 2.51. The Kier molecular flexibility index (Phi) is 5.02. The number of nitrogens with zero attached hydrogens (tertiary/aromatic N) is 1. The molecule has 0 aromatic heterocycles. The smallest absolute Gasteiger partial charge is 0.214 e. The van der Waals surface area contributed by atoms with Gasteiger partial charge in [0.25, 0.3) is 0 Å². The molecule has 1 aliphatic heterocycles. The summed E-state index contributed by atoms with van der Waals surface area (Å²) in [5, 5.41) is 0. The summed E-state index contributed by atoms with van der Waals surface area (Å²) < 4.78 is 25.6. The third kappa shape index (κ3) is 3.74. The molecule has 4 nitrogen and oxygen atoms in total. The number of sulfonamides is 1. The quantitative estimate of drug-likeness (QED) is 0.720. The molecule has 1 saturated heterocycles. The van der Waals surface area contributed by atoms with Crippen LogP contribution >= 0.6 is 0 Å². The van der Waals surface area contributed by atoms with Gasteiger partial charge in [-0.2, -0.15) is 4.31 Å². The first-order chi connectivity index (χ1) is 7.08. The van der Waals surface area contributed by atoms with E-state index in [9.17, 15) is 8.42 Å². The molecule has 1 rings (SSSR count). The minimum atomic E-state index is -3.03. The molecule has 2 N–H and O–H groups in total. The number of hydrogen-bond donors (Lipinski definition) is 1. The van der Waals surface area contributed by atoms with Crippen LogP contribution in [0.5, 0.6) is 0 Å². The first-order valence-electron chi connectivity index (χ1n) is 5.77. The molecule has 0 aromatic rings. The predicted molar refractivity (Wildman–Crippen MR) is 62.1 cm³/mol. The number of nitrogens with two attached hydrogens (primary N) is 1. The van der Waals surface area contributed by atoms with Crippen molar-refractivity contribution in [1.29, 1.82) is 0 Å². The molecule has 5 heteroatoms. The summed E-state index contributed by atoms with van der Waals surface area (Å²) in [5.74, 6) is 0.258. The van der Waals surface area contributed by atoms with Crippen LogP contribution in [0, 0.1) is 0 Å². The van der Waals surface area contributed by atoms with Crippen molar-refractivity contribution in [3.05, 3.63) is 0 Å². The average Bonchev–Trinajstić information content (AvgIpc) is 2.18. The molecule has 0 aromatic carbocycles. The van der Waals surface area contributed by atoms with Gasteiger partial charge in [0.2, 0.25) is 10.0 Å². The Bertz CT molecular complexity index is 277. The second kappa shape index (κ2) is 5.82. The van der Waals surface area contributed by atoms with Gasteiger partial charge >= 0.3 is 0 Å². The van der Waals surface area contributed by atoms with Crippen molar-refractivity contribution in [1.82, 2.24) is 4.31 Å². The maximum atomic E-state index is 12.0. The van der Waals surface area contributed by atoms with Crippen LogP contribution in [0.3, 0.4) is 0 Å². The van der Waals surface area contributed by atoms with Gasteiger partial charge in [-0.15, -0.1) is 0 Å². The van der Waals surface area contributed by atoms with Crippen molar-refractivity contribution in [2.75, 3.05) is 18.8 Å². The monoisotopic (exact) mass is 234 g/mol. The molecule has 90 valence electrons. The molecule has 1 aliphatic rings. The highest BCUT2D eigenvalue weighted by atomic mass is 32.2. The molecule has 1 fully saturated rings. The SMILES string of the molecule is CC1CCCCN1S(=O)(=O)CCCCN. The first kappa shape index (κ1) is 12.9. The number of unbranched alkanes of at least 4 members (excludes halogenated alkanes) is 1. The van der Waals surface area contributed by atoms with Crippen LogP contribution in [0.1, 0.15) is 39.0 Å². The van der Waals surface area contributed by atoms with Gasteiger partial charge in [-0.1, -0.05) is 6.42 Å². The predicted octanol–water partition coefficient (Wildman–Crippen LogP) is 0.929. The van der Waals surface area contributed by atoms with Crippen LogP contribution in [0.2, 0.25) is 0 Å². The lowest BCUT2D eigenvalue weighted by Gasteiger charge is -2.32. The largest absolute Gasteiger partial charge is 0.330 e. The summed E-state index contributed by atoms with van der Waals surface area (Å²) in [6.45, 7) is 3.27. The number of rotatable bonds is 5. The van der Waals surface area contributed by atoms with Crippen molar-refractivity contribution in [3.63, 3.8) is 0 Å². The summed E-state index contributed by atoms with van der Waals surface area (Å²) in [6, 6.07) is 0.182. The van der Waals surface area contributed by atoms with Gasteiger partial charge < -0.3 is 5.73 Å². The summed E-state index contributed by atoms with van der Waals surface area (Å²) in [6.07, 6.45) is 4.62. The Morgan fingerprint density at radius 3 is 2.67 bits per heavy atom. The van der Waals surface area contributed by atoms with Gasteiger partial charge in [-0.05, 0) is 39.2 Å². The minimum absolute atomic E-state index is 0.182. The number of piperidine rings is 1. The first-order valence-corrected chi connectivity index (χ1v) is 7.38. The molecule has 1 unspecified atom stereocenters. The highest BCUT2D eigenvalue weighted by Crippen LogP contribution is 2.20. The third-order valence-electron chi connectivity index (χ3n) is 2.96. The van der Waals surface area contributed by atoms with Gasteiger partial charge in [-0.25, -0.2) is 8.42 Å². The topological polar surface area (TPSA) is 63.4 Å². The zero-order valence-corrected chi connectivity index (χ0v) is 10.3. The van der Waals surface area contributed by atoms with E-state index >= 15 is 0 Å². The average molecular weight is 234 g/mol. The standard InChI is InChI=1S/C10H22N2O2S/c1-10-6-2-4-8-12(10)15(13,14)9-5-3-7-11/h10H,2-9,11H2,1H3. The highest BCUT2D eigenvalue weighted by Gasteiger charge is 2.28. The van der Waals surface area contributed by atoms with E-state index in [1.54, 1.807) is 4.31 Å². The molecular formula is C10H22N2O2S. The molecule has 0 bridgehead atoms. The molecule has 1 atom stereocenters. The maximum Gasteiger partial charge on any atom is 0.214 e. The van der Waals surface area contributed by atoms with Crippen LogP contribution in [0.25, 0.3) is 0 Å². The Labute approximate surface area is 92.9 Å². The van der Waals surface area contributed by atoms with E-state index < -0.39 is 10.0 Å². The fourth-order valence-corrected chi connectivity index (χ4v) is 3.90. The van der Waals surface area contributed by atoms with E-state index in [0.717, 1.165) is 25.7 Å². The Morgan fingerprint density at radius 1 is 1.33 bits per heavy atom. The molecule has 0 saturated carbocycles. The summed E-state index contributed by atoms with van der Waals surface area (Å²) in [7, 11) is -3.03. The van der Waals surface area contributed by atoms with E-state index in [1.165, 1.54) is 0 Å². The second-order valence-corrected chi connectivity index (χ2v) is 6.31. The second-order valence-electron chi connectivity index (χ2n) is 4.27. The molecular weight excluding hydrogens is 212 g/mol. The number of hydrogen-bond acceptors (Lipinski definition) is 3. The van der Waals surface area contributed by atoms with Crippen molar-refractivity contribution < 1.29 is 8.42 Å². The fraction of sp³-hybridized carbons (Fsp3) is 1.00. The van der Waals surface area contributed by atoms with Crippen LogP contribution in [0.15, 0.2) is 0 Å². The van der Waals surface area contributed by atoms with Crippen molar-refractivity contribution in [2.24, 2.45) is 5.73 Å². The zero-order valence-electron chi connectivity index (χ0n) is 9.48.